The quantitative estimate of drug-likeness (QED) is 0.424. The number of rotatable bonds is 7. The third-order valence-corrected chi connectivity index (χ3v) is 4.90. The zero-order valence-corrected chi connectivity index (χ0v) is 17.1. The van der Waals surface area contributed by atoms with Gasteiger partial charge in [0.15, 0.2) is 5.96 Å². The van der Waals surface area contributed by atoms with E-state index in [-0.39, 0.29) is 0 Å². The van der Waals surface area contributed by atoms with Gasteiger partial charge in [0.2, 0.25) is 0 Å². The molecule has 150 valence electrons. The van der Waals surface area contributed by atoms with Crippen molar-refractivity contribution in [1.82, 2.24) is 20.5 Å². The van der Waals surface area contributed by atoms with E-state index in [4.69, 9.17) is 16.3 Å². The SMILES string of the molecule is CN=C(NCCc1ccc(Cl)nc1)NCc1cccc(CN2CCOCC2)c1. The van der Waals surface area contributed by atoms with Gasteiger partial charge in [-0.1, -0.05) is 41.9 Å². The van der Waals surface area contributed by atoms with E-state index in [1.165, 1.54) is 11.1 Å². The lowest BCUT2D eigenvalue weighted by molar-refractivity contribution is 0.0342. The minimum Gasteiger partial charge on any atom is -0.379 e. The van der Waals surface area contributed by atoms with Gasteiger partial charge in [-0.05, 0) is 29.2 Å². The van der Waals surface area contributed by atoms with Gasteiger partial charge in [0, 0.05) is 46.0 Å². The number of ether oxygens (including phenoxy) is 1. The summed E-state index contributed by atoms with van der Waals surface area (Å²) < 4.78 is 5.42. The summed E-state index contributed by atoms with van der Waals surface area (Å²) in [5.74, 6) is 0.792. The van der Waals surface area contributed by atoms with Crippen LogP contribution in [0.4, 0.5) is 0 Å². The highest BCUT2D eigenvalue weighted by atomic mass is 35.5. The molecule has 6 nitrogen and oxygen atoms in total. The summed E-state index contributed by atoms with van der Waals surface area (Å²) in [6.45, 7) is 6.15. The first kappa shape index (κ1) is 20.6. The predicted octanol–water partition coefficient (Wildman–Crippen LogP) is 2.47. The molecule has 0 radical (unpaired) electrons. The molecule has 0 amide bonds. The molecule has 0 spiro atoms. The fourth-order valence-corrected chi connectivity index (χ4v) is 3.25. The van der Waals surface area contributed by atoms with Crippen molar-refractivity contribution in [3.63, 3.8) is 0 Å². The summed E-state index contributed by atoms with van der Waals surface area (Å²) in [7, 11) is 1.79. The van der Waals surface area contributed by atoms with Crippen molar-refractivity contribution < 1.29 is 4.74 Å². The summed E-state index contributed by atoms with van der Waals surface area (Å²) in [5.41, 5.74) is 3.72. The molecule has 1 aliphatic rings. The summed E-state index contributed by atoms with van der Waals surface area (Å²) in [5, 5.41) is 7.24. The maximum atomic E-state index is 5.82. The second kappa shape index (κ2) is 11.0. The molecule has 2 heterocycles. The maximum Gasteiger partial charge on any atom is 0.191 e. The topological polar surface area (TPSA) is 61.8 Å². The monoisotopic (exact) mass is 401 g/mol. The van der Waals surface area contributed by atoms with E-state index in [0.717, 1.165) is 63.9 Å². The molecule has 3 rings (SSSR count). The van der Waals surface area contributed by atoms with Crippen LogP contribution in [0, 0.1) is 0 Å². The van der Waals surface area contributed by atoms with Gasteiger partial charge in [0.1, 0.15) is 5.15 Å². The molecule has 1 saturated heterocycles. The highest BCUT2D eigenvalue weighted by Crippen LogP contribution is 2.10. The zero-order valence-electron chi connectivity index (χ0n) is 16.3. The Labute approximate surface area is 172 Å². The first-order chi connectivity index (χ1) is 13.7. The van der Waals surface area contributed by atoms with Gasteiger partial charge in [0.05, 0.1) is 13.2 Å². The Morgan fingerprint density at radius 1 is 1.14 bits per heavy atom. The van der Waals surface area contributed by atoms with Crippen LogP contribution in [-0.4, -0.2) is 55.7 Å². The minimum atomic E-state index is 0.519. The van der Waals surface area contributed by atoms with Crippen molar-refractivity contribution >= 4 is 17.6 Å². The van der Waals surface area contributed by atoms with E-state index >= 15 is 0 Å². The van der Waals surface area contributed by atoms with Crippen molar-refractivity contribution in [3.8, 4) is 0 Å². The number of nitrogens with one attached hydrogen (secondary N) is 2. The number of morpholine rings is 1. The first-order valence-corrected chi connectivity index (χ1v) is 10.0. The molecule has 0 atom stereocenters. The molecule has 2 N–H and O–H groups in total. The van der Waals surface area contributed by atoms with E-state index in [2.05, 4.69) is 49.8 Å². The van der Waals surface area contributed by atoms with Crippen LogP contribution in [0.3, 0.4) is 0 Å². The highest BCUT2D eigenvalue weighted by Gasteiger charge is 2.10. The molecule has 0 bridgehead atoms. The lowest BCUT2D eigenvalue weighted by atomic mass is 10.1. The molecule has 1 aromatic carbocycles. The average molecular weight is 402 g/mol. The number of hydrogen-bond donors (Lipinski definition) is 2. The molecule has 0 aliphatic carbocycles. The van der Waals surface area contributed by atoms with Crippen LogP contribution in [0.1, 0.15) is 16.7 Å². The Morgan fingerprint density at radius 2 is 1.96 bits per heavy atom. The minimum absolute atomic E-state index is 0.519. The van der Waals surface area contributed by atoms with Gasteiger partial charge in [-0.3, -0.25) is 9.89 Å². The van der Waals surface area contributed by atoms with Crippen molar-refractivity contribution in [2.24, 2.45) is 4.99 Å². The van der Waals surface area contributed by atoms with E-state index in [0.29, 0.717) is 5.15 Å². The molecule has 0 unspecified atom stereocenters. The summed E-state index contributed by atoms with van der Waals surface area (Å²) in [4.78, 5) is 10.8. The molecular formula is C21H28ClN5O. The molecule has 1 aromatic heterocycles. The van der Waals surface area contributed by atoms with E-state index in [1.807, 2.05) is 12.1 Å². The lowest BCUT2D eigenvalue weighted by Gasteiger charge is -2.26. The largest absolute Gasteiger partial charge is 0.379 e. The molecule has 2 aromatic rings. The molecule has 7 heteroatoms. The number of nitrogens with zero attached hydrogens (tertiary/aromatic N) is 3. The summed E-state index contributed by atoms with van der Waals surface area (Å²) in [6.07, 6.45) is 2.67. The van der Waals surface area contributed by atoms with Crippen LogP contribution >= 0.6 is 11.6 Å². The number of aliphatic imine (C=N–C) groups is 1. The standard InChI is InChI=1S/C21H28ClN5O/c1-23-21(24-8-7-17-5-6-20(22)25-14-17)26-15-18-3-2-4-19(13-18)16-27-9-11-28-12-10-27/h2-6,13-14H,7-12,15-16H2,1H3,(H2,23,24,26). The summed E-state index contributed by atoms with van der Waals surface area (Å²) in [6, 6.07) is 12.5. The Hall–Kier alpha value is -2.15. The first-order valence-electron chi connectivity index (χ1n) is 9.66. The van der Waals surface area contributed by atoms with Crippen molar-refractivity contribution in [1.29, 1.82) is 0 Å². The normalized spacial score (nSPS) is 15.4. The smallest absolute Gasteiger partial charge is 0.191 e. The lowest BCUT2D eigenvalue weighted by Crippen LogP contribution is -2.38. The second-order valence-electron chi connectivity index (χ2n) is 6.80. The zero-order chi connectivity index (χ0) is 19.6. The number of benzene rings is 1. The van der Waals surface area contributed by atoms with Gasteiger partial charge in [-0.25, -0.2) is 4.98 Å². The van der Waals surface area contributed by atoms with Crippen molar-refractivity contribution in [2.75, 3.05) is 39.9 Å². The van der Waals surface area contributed by atoms with Crippen molar-refractivity contribution in [3.05, 3.63) is 64.4 Å². The van der Waals surface area contributed by atoms with Crippen molar-refractivity contribution in [2.45, 2.75) is 19.5 Å². The van der Waals surface area contributed by atoms with Crippen LogP contribution in [0.25, 0.3) is 0 Å². The number of pyridine rings is 1. The highest BCUT2D eigenvalue weighted by molar-refractivity contribution is 6.29. The van der Waals surface area contributed by atoms with Crippen LogP contribution in [0.5, 0.6) is 0 Å². The Bertz CT molecular complexity index is 760. The predicted molar refractivity (Wildman–Crippen MR) is 114 cm³/mol. The van der Waals surface area contributed by atoms with Gasteiger partial charge in [0.25, 0.3) is 0 Å². The van der Waals surface area contributed by atoms with E-state index in [1.54, 1.807) is 13.2 Å². The molecular weight excluding hydrogens is 374 g/mol. The molecule has 1 aliphatic heterocycles. The third kappa shape index (κ3) is 6.78. The van der Waals surface area contributed by atoms with Crippen LogP contribution in [-0.2, 0) is 24.2 Å². The van der Waals surface area contributed by atoms with E-state index in [9.17, 15) is 0 Å². The molecule has 1 fully saturated rings. The number of halogens is 1. The van der Waals surface area contributed by atoms with Gasteiger partial charge in [-0.2, -0.15) is 0 Å². The third-order valence-electron chi connectivity index (χ3n) is 4.68. The van der Waals surface area contributed by atoms with Gasteiger partial charge >= 0.3 is 0 Å². The average Bonchev–Trinajstić information content (AvgIpc) is 2.73. The number of guanidine groups is 1. The maximum absolute atomic E-state index is 5.82. The van der Waals surface area contributed by atoms with Crippen LogP contribution < -0.4 is 10.6 Å². The molecule has 0 saturated carbocycles. The summed E-state index contributed by atoms with van der Waals surface area (Å²) >= 11 is 5.82. The van der Waals surface area contributed by atoms with Gasteiger partial charge in [-0.15, -0.1) is 0 Å². The van der Waals surface area contributed by atoms with Crippen LogP contribution in [0.15, 0.2) is 47.6 Å². The Morgan fingerprint density at radius 3 is 2.71 bits per heavy atom. The van der Waals surface area contributed by atoms with Crippen LogP contribution in [0.2, 0.25) is 5.15 Å². The van der Waals surface area contributed by atoms with E-state index < -0.39 is 0 Å². The fourth-order valence-electron chi connectivity index (χ4n) is 3.14. The molecule has 28 heavy (non-hydrogen) atoms. The number of hydrogen-bond acceptors (Lipinski definition) is 4. The second-order valence-corrected chi connectivity index (χ2v) is 7.19. The fraction of sp³-hybridized carbons (Fsp3) is 0.429. The Kier molecular flexibility index (Phi) is 8.08. The Balaban J connectivity index is 1.43. The number of aromatic nitrogens is 1. The van der Waals surface area contributed by atoms with Gasteiger partial charge < -0.3 is 15.4 Å².